The van der Waals surface area contributed by atoms with E-state index in [-0.39, 0.29) is 29.5 Å². The molecule has 0 saturated carbocycles. The number of quaternary nitrogens is 1. The zero-order valence-corrected chi connectivity index (χ0v) is 13.1. The number of amides is 1. The van der Waals surface area contributed by atoms with E-state index in [1.54, 1.807) is 11.9 Å². The molecule has 0 aromatic carbocycles. The van der Waals surface area contributed by atoms with Gasteiger partial charge in [-0.25, -0.2) is 0 Å². The van der Waals surface area contributed by atoms with Crippen LogP contribution in [0.2, 0.25) is 0 Å². The number of likely N-dealkylation sites (N-methyl/N-ethyl adjacent to an activating group) is 2. The molecule has 2 N–H and O–H groups in total. The molecule has 8 unspecified atom stereocenters. The van der Waals surface area contributed by atoms with Crippen molar-refractivity contribution in [1.82, 2.24) is 4.90 Å². The number of nitrogens with zero attached hydrogens (tertiary/aromatic N) is 2. The van der Waals surface area contributed by atoms with Crippen molar-refractivity contribution in [3.8, 4) is 0 Å². The van der Waals surface area contributed by atoms with Gasteiger partial charge in [0, 0.05) is 25.6 Å². The van der Waals surface area contributed by atoms with E-state index in [0.29, 0.717) is 10.4 Å². The van der Waals surface area contributed by atoms with Crippen molar-refractivity contribution in [2.24, 2.45) is 5.92 Å². The summed E-state index contributed by atoms with van der Waals surface area (Å²) in [5.74, 6) is 1.30. The Morgan fingerprint density at radius 3 is 2.55 bits per heavy atom. The Morgan fingerprint density at radius 2 is 2.05 bits per heavy atom. The maximum atomic E-state index is 11.6. The van der Waals surface area contributed by atoms with E-state index < -0.39 is 12.5 Å². The summed E-state index contributed by atoms with van der Waals surface area (Å²) in [7, 11) is 3.76. The number of hydrogen-bond donors (Lipinski definition) is 2. The topological polar surface area (TPSA) is 73.3 Å². The minimum atomic E-state index is -0.696. The zero-order chi connectivity index (χ0) is 14.8. The first-order valence-corrected chi connectivity index (χ1v) is 8.07. The van der Waals surface area contributed by atoms with Gasteiger partial charge in [0.05, 0.1) is 7.05 Å². The summed E-state index contributed by atoms with van der Waals surface area (Å²) in [4.78, 5) is 13.2. The van der Waals surface area contributed by atoms with Crippen molar-refractivity contribution < 1.29 is 24.2 Å². The van der Waals surface area contributed by atoms with Crippen molar-refractivity contribution in [3.63, 3.8) is 0 Å². The largest absolute Gasteiger partial charge is 0.366 e. The van der Waals surface area contributed by atoms with E-state index in [1.165, 1.54) is 6.92 Å². The lowest BCUT2D eigenvalue weighted by Gasteiger charge is -2.65. The van der Waals surface area contributed by atoms with Crippen LogP contribution in [0.15, 0.2) is 0 Å². The predicted octanol–water partition coefficient (Wildman–Crippen LogP) is -0.593. The van der Waals surface area contributed by atoms with Crippen LogP contribution >= 0.6 is 11.8 Å². The van der Waals surface area contributed by atoms with Crippen LogP contribution < -0.4 is 0 Å². The van der Waals surface area contributed by atoms with Gasteiger partial charge in [0.15, 0.2) is 23.8 Å². The molecule has 0 radical (unpaired) electrons. The molecule has 0 aromatic heterocycles. The zero-order valence-electron chi connectivity index (χ0n) is 12.3. The molecular formula is C13H23N2O4S+. The normalized spacial score (nSPS) is 53.8. The number of rotatable bonds is 2. The molecule has 3 fully saturated rings. The molecular weight excluding hydrogens is 280 g/mol. The molecule has 7 heteroatoms. The fourth-order valence-electron chi connectivity index (χ4n) is 3.96. The second-order valence-corrected chi connectivity index (χ2v) is 7.59. The Morgan fingerprint density at radius 1 is 1.45 bits per heavy atom. The second-order valence-electron chi connectivity index (χ2n) is 6.44. The van der Waals surface area contributed by atoms with Crippen molar-refractivity contribution in [3.05, 3.63) is 0 Å². The average molecular weight is 303 g/mol. The molecule has 3 rings (SSSR count). The van der Waals surface area contributed by atoms with Crippen LogP contribution in [-0.2, 0) is 9.53 Å². The standard InChI is InChI=1S/C13H23N2O4S/c1-6-5-20-12-8(14(3)7(2)16)11(17)15(12,4)9(6)10-13(18)19-10/h6,8-13,17-18H,5H2,1-4H3/q+1. The van der Waals surface area contributed by atoms with Gasteiger partial charge in [0.1, 0.15) is 6.04 Å². The van der Waals surface area contributed by atoms with Crippen molar-refractivity contribution >= 4 is 17.7 Å². The van der Waals surface area contributed by atoms with E-state index in [2.05, 4.69) is 6.92 Å². The van der Waals surface area contributed by atoms with Crippen LogP contribution in [0.4, 0.5) is 0 Å². The molecule has 3 heterocycles. The number of aliphatic hydroxyl groups excluding tert-OH is 2. The molecule has 20 heavy (non-hydrogen) atoms. The Bertz CT molecular complexity index is 435. The number of carbonyl (C=O) groups excluding carboxylic acids is 1. The van der Waals surface area contributed by atoms with Crippen molar-refractivity contribution in [1.29, 1.82) is 0 Å². The lowest BCUT2D eigenvalue weighted by Crippen LogP contribution is -2.86. The summed E-state index contributed by atoms with van der Waals surface area (Å²) in [6.07, 6.45) is -1.50. The summed E-state index contributed by atoms with van der Waals surface area (Å²) in [5, 5.41) is 20.4. The molecule has 0 aliphatic carbocycles. The first kappa shape index (κ1) is 14.6. The Balaban J connectivity index is 1.85. The van der Waals surface area contributed by atoms with Gasteiger partial charge in [-0.3, -0.25) is 9.28 Å². The number of hydrogen-bond acceptors (Lipinski definition) is 5. The van der Waals surface area contributed by atoms with Crippen LogP contribution in [0.25, 0.3) is 0 Å². The van der Waals surface area contributed by atoms with Crippen LogP contribution in [0.3, 0.4) is 0 Å². The van der Waals surface area contributed by atoms with E-state index in [9.17, 15) is 15.0 Å². The lowest BCUT2D eigenvalue weighted by atomic mass is 9.87. The van der Waals surface area contributed by atoms with Gasteiger partial charge in [-0.05, 0) is 0 Å². The highest BCUT2D eigenvalue weighted by molar-refractivity contribution is 7.99. The van der Waals surface area contributed by atoms with E-state index in [4.69, 9.17) is 4.74 Å². The quantitative estimate of drug-likeness (QED) is 0.527. The van der Waals surface area contributed by atoms with E-state index in [0.717, 1.165) is 5.75 Å². The fourth-order valence-corrected chi connectivity index (χ4v) is 5.77. The Labute approximate surface area is 123 Å². The summed E-state index contributed by atoms with van der Waals surface area (Å²) < 4.78 is 5.74. The van der Waals surface area contributed by atoms with Crippen LogP contribution in [0.5, 0.6) is 0 Å². The number of epoxide rings is 1. The summed E-state index contributed by atoms with van der Waals surface area (Å²) in [6.45, 7) is 3.66. The highest BCUT2D eigenvalue weighted by atomic mass is 32.2. The fraction of sp³-hybridized carbons (Fsp3) is 0.923. The van der Waals surface area contributed by atoms with Crippen LogP contribution in [0.1, 0.15) is 13.8 Å². The molecule has 0 aromatic rings. The maximum absolute atomic E-state index is 11.6. The molecule has 114 valence electrons. The summed E-state index contributed by atoms with van der Waals surface area (Å²) >= 11 is 1.81. The summed E-state index contributed by atoms with van der Waals surface area (Å²) in [6, 6.07) is -0.0729. The van der Waals surface area contributed by atoms with Gasteiger partial charge >= 0.3 is 0 Å². The van der Waals surface area contributed by atoms with Crippen LogP contribution in [-0.4, -0.2) is 81.4 Å². The number of aliphatic hydroxyl groups is 2. The molecule has 0 bridgehead atoms. The van der Waals surface area contributed by atoms with Crippen LogP contribution in [0, 0.1) is 5.92 Å². The molecule has 3 saturated heterocycles. The smallest absolute Gasteiger partial charge is 0.219 e. The van der Waals surface area contributed by atoms with Gasteiger partial charge < -0.3 is 19.8 Å². The molecule has 1 amide bonds. The third kappa shape index (κ3) is 1.77. The average Bonchev–Trinajstić information content (AvgIpc) is 3.08. The van der Waals surface area contributed by atoms with Gasteiger partial charge in [-0.1, -0.05) is 18.7 Å². The Kier molecular flexibility index (Phi) is 3.34. The highest BCUT2D eigenvalue weighted by Crippen LogP contribution is 2.53. The van der Waals surface area contributed by atoms with E-state index in [1.807, 2.05) is 18.8 Å². The number of ether oxygens (including phenoxy) is 1. The predicted molar refractivity (Wildman–Crippen MR) is 74.5 cm³/mol. The van der Waals surface area contributed by atoms with Gasteiger partial charge in [-0.2, -0.15) is 0 Å². The monoisotopic (exact) mass is 303 g/mol. The van der Waals surface area contributed by atoms with Crippen molar-refractivity contribution in [2.75, 3.05) is 19.8 Å². The minimum Gasteiger partial charge on any atom is -0.366 e. The molecule has 0 spiro atoms. The molecule has 6 nitrogen and oxygen atoms in total. The minimum absolute atomic E-state index is 0.0289. The van der Waals surface area contributed by atoms with Gasteiger partial charge in [0.25, 0.3) is 0 Å². The molecule has 3 aliphatic heterocycles. The number of thioether (sulfide) groups is 1. The van der Waals surface area contributed by atoms with Crippen molar-refractivity contribution in [2.45, 2.75) is 49.9 Å². The summed E-state index contributed by atoms with van der Waals surface area (Å²) in [5.41, 5.74) is 0. The Hall–Kier alpha value is -0.340. The number of carbonyl (C=O) groups is 1. The molecule has 8 atom stereocenters. The maximum Gasteiger partial charge on any atom is 0.219 e. The van der Waals surface area contributed by atoms with Gasteiger partial charge in [0.2, 0.25) is 12.1 Å². The number of fused-ring (bicyclic) bond motifs is 1. The third-order valence-corrected chi connectivity index (χ3v) is 7.05. The molecule has 3 aliphatic rings. The van der Waals surface area contributed by atoms with E-state index >= 15 is 0 Å². The first-order valence-electron chi connectivity index (χ1n) is 7.02. The highest BCUT2D eigenvalue weighted by Gasteiger charge is 2.72. The SMILES string of the molecule is CC(=O)N(C)C1C(O)[N+]2(C)C1SCC(C)C2C1OC1O. The first-order chi connectivity index (χ1) is 9.30. The second kappa shape index (κ2) is 4.58. The third-order valence-electron chi connectivity index (χ3n) is 5.25. The van der Waals surface area contributed by atoms with Gasteiger partial charge in [-0.15, -0.1) is 0 Å². The lowest BCUT2D eigenvalue weighted by molar-refractivity contribution is -1.03.